The summed E-state index contributed by atoms with van der Waals surface area (Å²) in [5.74, 6) is -0.169. The number of aromatic nitrogens is 2. The number of para-hydroxylation sites is 1. The Kier molecular flexibility index (Phi) is 10.1. The third-order valence-corrected chi connectivity index (χ3v) is 7.28. The van der Waals surface area contributed by atoms with Crippen LogP contribution < -0.4 is 21.3 Å². The summed E-state index contributed by atoms with van der Waals surface area (Å²) in [6.07, 6.45) is -1.91. The van der Waals surface area contributed by atoms with Gasteiger partial charge in [-0.15, -0.1) is 0 Å². The molecule has 1 fully saturated rings. The summed E-state index contributed by atoms with van der Waals surface area (Å²) in [7, 11) is 0. The Balaban J connectivity index is 1.45. The van der Waals surface area contributed by atoms with Crippen molar-refractivity contribution in [3.05, 3.63) is 98.8 Å². The molecule has 1 aliphatic rings. The molecule has 0 spiro atoms. The second-order valence-corrected chi connectivity index (χ2v) is 11.8. The predicted octanol–water partition coefficient (Wildman–Crippen LogP) is 2.91. The fourth-order valence-corrected chi connectivity index (χ4v) is 4.79. The van der Waals surface area contributed by atoms with Gasteiger partial charge >= 0.3 is 5.69 Å². The quantitative estimate of drug-likeness (QED) is 0.270. The van der Waals surface area contributed by atoms with Crippen LogP contribution in [0.2, 0.25) is 0 Å². The van der Waals surface area contributed by atoms with Gasteiger partial charge in [-0.05, 0) is 57.9 Å². The molecule has 0 saturated carbocycles. The van der Waals surface area contributed by atoms with E-state index in [0.29, 0.717) is 12.4 Å². The van der Waals surface area contributed by atoms with Gasteiger partial charge in [0.2, 0.25) is 5.78 Å². The summed E-state index contributed by atoms with van der Waals surface area (Å²) < 4.78 is 24.8. The minimum atomic E-state index is -1.16. The summed E-state index contributed by atoms with van der Waals surface area (Å²) in [5.41, 5.74) is -0.883. The molecular weight excluding hydrogens is 554 g/mol. The molecule has 0 radical (unpaired) electrons. The fourth-order valence-electron chi connectivity index (χ4n) is 4.79. The molecule has 3 aromatic rings. The van der Waals surface area contributed by atoms with Gasteiger partial charge in [0.25, 0.3) is 5.56 Å². The summed E-state index contributed by atoms with van der Waals surface area (Å²) in [6, 6.07) is 18.1. The van der Waals surface area contributed by atoms with E-state index < -0.39 is 46.5 Å². The van der Waals surface area contributed by atoms with Gasteiger partial charge in [0, 0.05) is 17.8 Å². The fraction of sp³-hybridized carbons (Fsp3) is 0.438. The van der Waals surface area contributed by atoms with Gasteiger partial charge in [-0.3, -0.25) is 29.3 Å². The van der Waals surface area contributed by atoms with Crippen LogP contribution in [0.25, 0.3) is 0 Å². The summed E-state index contributed by atoms with van der Waals surface area (Å²) >= 11 is 0. The van der Waals surface area contributed by atoms with Gasteiger partial charge in [-0.2, -0.15) is 0 Å². The monoisotopic (exact) mass is 593 g/mol. The average molecular weight is 594 g/mol. The van der Waals surface area contributed by atoms with Crippen molar-refractivity contribution in [1.29, 1.82) is 0 Å². The Morgan fingerprint density at radius 3 is 2.47 bits per heavy atom. The van der Waals surface area contributed by atoms with Crippen molar-refractivity contribution >= 4 is 11.6 Å². The van der Waals surface area contributed by atoms with Crippen LogP contribution in [-0.2, 0) is 30.4 Å². The van der Waals surface area contributed by atoms with Crippen LogP contribution in [0, 0.1) is 12.3 Å². The average Bonchev–Trinajstić information content (AvgIpc) is 3.19. The lowest BCUT2D eigenvalue weighted by atomic mass is 9.86. The normalized spacial score (nSPS) is 18.9. The molecule has 0 bridgehead atoms. The summed E-state index contributed by atoms with van der Waals surface area (Å²) in [4.78, 5) is 52.8. The molecule has 4 rings (SSSR count). The van der Waals surface area contributed by atoms with E-state index in [9.17, 15) is 19.2 Å². The number of hydrogen-bond acceptors (Lipinski definition) is 9. The largest absolute Gasteiger partial charge is 0.486 e. The smallest absolute Gasteiger partial charge is 0.330 e. The van der Waals surface area contributed by atoms with E-state index in [1.54, 1.807) is 38.1 Å². The molecule has 3 atom stereocenters. The van der Waals surface area contributed by atoms with Crippen LogP contribution in [0.5, 0.6) is 5.75 Å². The van der Waals surface area contributed by atoms with Gasteiger partial charge in [0.05, 0.1) is 25.2 Å². The molecule has 1 unspecified atom stereocenters. The molecule has 1 saturated heterocycles. The number of H-pyrrole nitrogens is 1. The highest BCUT2D eigenvalue weighted by atomic mass is 16.6. The lowest BCUT2D eigenvalue weighted by Gasteiger charge is -2.31. The van der Waals surface area contributed by atoms with Crippen LogP contribution >= 0.6 is 0 Å². The first-order valence-electron chi connectivity index (χ1n) is 14.1. The molecule has 230 valence electrons. The topological polar surface area (TPSA) is 138 Å². The zero-order valence-corrected chi connectivity index (χ0v) is 25.1. The van der Waals surface area contributed by atoms with Crippen molar-refractivity contribution in [3.8, 4) is 5.75 Å². The highest BCUT2D eigenvalue weighted by Crippen LogP contribution is 2.41. The molecule has 11 nitrogen and oxygen atoms in total. The first-order valence-corrected chi connectivity index (χ1v) is 14.1. The standard InChI is InChI=1S/C32H39N3O8/c1-21-11-9-10-12-22(21)17-40-20-31(2,3)34-28(24(36)18-41-23-13-7-6-8-14-23)42-19-25-27(38)32(4,5)29(43-25)35-16-15-26(37)33-30(35)39/h6-16,25,28-29,34H,17-20H2,1-5H3,(H,33,37,39)/t25-,28?,29-/m1/s1. The first-order chi connectivity index (χ1) is 20.4. The third-order valence-electron chi connectivity index (χ3n) is 7.28. The SMILES string of the molecule is Cc1ccccc1COCC(C)(C)NC(OC[C@H]1O[C@@H](n2ccc(=O)[nH]c2=O)C(C)(C)C1=O)C(=O)COc1ccccc1. The number of aryl methyl sites for hydroxylation is 1. The second kappa shape index (κ2) is 13.6. The van der Waals surface area contributed by atoms with E-state index in [1.807, 2.05) is 51.1 Å². The molecule has 0 amide bonds. The summed E-state index contributed by atoms with van der Waals surface area (Å²) in [6.45, 7) is 9.21. The third kappa shape index (κ3) is 8.14. The van der Waals surface area contributed by atoms with Gasteiger partial charge < -0.3 is 18.9 Å². The predicted molar refractivity (Wildman–Crippen MR) is 159 cm³/mol. The first kappa shape index (κ1) is 32.0. The van der Waals surface area contributed by atoms with Crippen molar-refractivity contribution in [1.82, 2.24) is 14.9 Å². The Bertz CT molecular complexity index is 1530. The maximum atomic E-state index is 13.4. The Labute approximate surface area is 250 Å². The maximum Gasteiger partial charge on any atom is 0.330 e. The summed E-state index contributed by atoms with van der Waals surface area (Å²) in [5, 5.41) is 3.21. The number of aromatic amines is 1. The van der Waals surface area contributed by atoms with Crippen LogP contribution in [0.3, 0.4) is 0 Å². The number of carbonyl (C=O) groups is 2. The number of Topliss-reactive ketones (excluding diaryl/α,β-unsaturated/α-hetero) is 2. The molecule has 43 heavy (non-hydrogen) atoms. The van der Waals surface area contributed by atoms with Crippen molar-refractivity contribution in [2.24, 2.45) is 5.41 Å². The number of nitrogens with zero attached hydrogens (tertiary/aromatic N) is 1. The highest BCUT2D eigenvalue weighted by molar-refractivity contribution is 5.90. The van der Waals surface area contributed by atoms with Gasteiger partial charge in [0.15, 0.2) is 24.8 Å². The molecule has 0 aliphatic carbocycles. The Morgan fingerprint density at radius 1 is 1.07 bits per heavy atom. The van der Waals surface area contributed by atoms with Crippen molar-refractivity contribution in [2.75, 3.05) is 19.8 Å². The molecule has 2 heterocycles. The molecule has 1 aromatic heterocycles. The van der Waals surface area contributed by atoms with E-state index >= 15 is 0 Å². The molecular formula is C32H39N3O8. The van der Waals surface area contributed by atoms with Gasteiger partial charge in [-0.25, -0.2) is 4.79 Å². The van der Waals surface area contributed by atoms with E-state index in [1.165, 1.54) is 16.8 Å². The zero-order chi connectivity index (χ0) is 31.2. The zero-order valence-electron chi connectivity index (χ0n) is 25.1. The van der Waals surface area contributed by atoms with Crippen molar-refractivity contribution in [3.63, 3.8) is 0 Å². The minimum absolute atomic E-state index is 0.258. The second-order valence-electron chi connectivity index (χ2n) is 11.8. The van der Waals surface area contributed by atoms with E-state index in [0.717, 1.165) is 11.1 Å². The van der Waals surface area contributed by atoms with Gasteiger partial charge in [-0.1, -0.05) is 42.5 Å². The number of rotatable bonds is 14. The number of carbonyl (C=O) groups excluding carboxylic acids is 2. The number of benzene rings is 2. The highest BCUT2D eigenvalue weighted by Gasteiger charge is 2.51. The number of ether oxygens (including phenoxy) is 4. The molecule has 1 aliphatic heterocycles. The van der Waals surface area contributed by atoms with E-state index in [-0.39, 0.29) is 25.6 Å². The van der Waals surface area contributed by atoms with Crippen molar-refractivity contribution in [2.45, 2.75) is 65.3 Å². The van der Waals surface area contributed by atoms with Crippen LogP contribution in [0.15, 0.2) is 76.4 Å². The molecule has 2 N–H and O–H groups in total. The number of hydrogen-bond donors (Lipinski definition) is 2. The lowest BCUT2D eigenvalue weighted by Crippen LogP contribution is -2.54. The lowest BCUT2D eigenvalue weighted by molar-refractivity contribution is -0.145. The Morgan fingerprint density at radius 2 is 1.77 bits per heavy atom. The molecule has 2 aromatic carbocycles. The number of ketones is 2. The molecule has 11 heteroatoms. The Hall–Kier alpha value is -3.90. The van der Waals surface area contributed by atoms with Gasteiger partial charge in [0.1, 0.15) is 11.9 Å². The van der Waals surface area contributed by atoms with Crippen LogP contribution in [-0.4, -0.2) is 58.8 Å². The maximum absolute atomic E-state index is 13.4. The number of nitrogens with one attached hydrogen (secondary N) is 2. The minimum Gasteiger partial charge on any atom is -0.486 e. The van der Waals surface area contributed by atoms with E-state index in [4.69, 9.17) is 18.9 Å². The van der Waals surface area contributed by atoms with Crippen molar-refractivity contribution < 1.29 is 28.5 Å². The van der Waals surface area contributed by atoms with Crippen LogP contribution in [0.1, 0.15) is 45.0 Å². The van der Waals surface area contributed by atoms with Crippen LogP contribution in [0.4, 0.5) is 0 Å². The van der Waals surface area contributed by atoms with E-state index in [2.05, 4.69) is 10.3 Å².